The number of esters is 1. The maximum atomic E-state index is 11.2. The van der Waals surface area contributed by atoms with Gasteiger partial charge < -0.3 is 10.1 Å². The van der Waals surface area contributed by atoms with Gasteiger partial charge in [-0.2, -0.15) is 0 Å². The molecule has 0 aliphatic heterocycles. The highest BCUT2D eigenvalue weighted by Gasteiger charge is 2.19. The predicted molar refractivity (Wildman–Crippen MR) is 78.6 cm³/mol. The first-order chi connectivity index (χ1) is 8.95. The van der Waals surface area contributed by atoms with Crippen molar-refractivity contribution in [3.05, 3.63) is 34.9 Å². The number of carbonyl (C=O) groups is 1. The fourth-order valence-corrected chi connectivity index (χ4v) is 1.95. The zero-order chi connectivity index (χ0) is 14.3. The summed E-state index contributed by atoms with van der Waals surface area (Å²) in [6.45, 7) is 8.01. The molecule has 0 saturated carbocycles. The van der Waals surface area contributed by atoms with E-state index in [0.717, 1.165) is 11.6 Å². The Morgan fingerprint density at radius 2 is 1.95 bits per heavy atom. The minimum Gasteiger partial charge on any atom is -0.466 e. The molecular formula is C15H22ClNO2. The van der Waals surface area contributed by atoms with Crippen molar-refractivity contribution < 1.29 is 9.53 Å². The van der Waals surface area contributed by atoms with Crippen LogP contribution in [-0.4, -0.2) is 25.7 Å². The SMILES string of the molecule is CCOC(=O)CCNCC(C)(C)c1ccc(Cl)cc1. The molecule has 19 heavy (non-hydrogen) atoms. The molecule has 1 aromatic carbocycles. The van der Waals surface area contributed by atoms with Crippen LogP contribution in [0.15, 0.2) is 24.3 Å². The molecule has 0 radical (unpaired) electrons. The predicted octanol–water partition coefficient (Wildman–Crippen LogP) is 3.16. The fraction of sp³-hybridized carbons (Fsp3) is 0.533. The second kappa shape index (κ2) is 7.51. The van der Waals surface area contributed by atoms with Crippen LogP contribution >= 0.6 is 11.6 Å². The van der Waals surface area contributed by atoms with E-state index in [1.807, 2.05) is 31.2 Å². The highest BCUT2D eigenvalue weighted by molar-refractivity contribution is 6.30. The van der Waals surface area contributed by atoms with Crippen LogP contribution in [0.1, 0.15) is 32.8 Å². The van der Waals surface area contributed by atoms with E-state index in [1.165, 1.54) is 5.56 Å². The van der Waals surface area contributed by atoms with Gasteiger partial charge in [0, 0.05) is 23.5 Å². The molecule has 1 aromatic rings. The van der Waals surface area contributed by atoms with Crippen molar-refractivity contribution in [1.82, 2.24) is 5.32 Å². The first-order valence-electron chi connectivity index (χ1n) is 6.58. The summed E-state index contributed by atoms with van der Waals surface area (Å²) in [5.74, 6) is -0.153. The Bertz CT molecular complexity index is 401. The molecule has 0 amide bonds. The highest BCUT2D eigenvalue weighted by atomic mass is 35.5. The smallest absolute Gasteiger partial charge is 0.307 e. The van der Waals surface area contributed by atoms with Gasteiger partial charge in [0.25, 0.3) is 0 Å². The Hall–Kier alpha value is -1.06. The van der Waals surface area contributed by atoms with Gasteiger partial charge in [-0.25, -0.2) is 0 Å². The second-order valence-electron chi connectivity index (χ2n) is 5.12. The molecular weight excluding hydrogens is 262 g/mol. The van der Waals surface area contributed by atoms with Gasteiger partial charge in [-0.3, -0.25) is 4.79 Å². The quantitative estimate of drug-likeness (QED) is 0.617. The van der Waals surface area contributed by atoms with Gasteiger partial charge in [0.15, 0.2) is 0 Å². The fourth-order valence-electron chi connectivity index (χ4n) is 1.83. The van der Waals surface area contributed by atoms with Crippen molar-refractivity contribution in [2.24, 2.45) is 0 Å². The molecule has 0 heterocycles. The van der Waals surface area contributed by atoms with E-state index in [4.69, 9.17) is 16.3 Å². The summed E-state index contributed by atoms with van der Waals surface area (Å²) < 4.78 is 4.88. The number of benzene rings is 1. The Kier molecular flexibility index (Phi) is 6.32. The van der Waals surface area contributed by atoms with E-state index in [0.29, 0.717) is 19.6 Å². The Morgan fingerprint density at radius 1 is 1.32 bits per heavy atom. The number of halogens is 1. The molecule has 3 nitrogen and oxygen atoms in total. The Labute approximate surface area is 120 Å². The van der Waals surface area contributed by atoms with Crippen molar-refractivity contribution in [2.75, 3.05) is 19.7 Å². The summed E-state index contributed by atoms with van der Waals surface area (Å²) in [7, 11) is 0. The lowest BCUT2D eigenvalue weighted by Crippen LogP contribution is -2.34. The monoisotopic (exact) mass is 283 g/mol. The van der Waals surface area contributed by atoms with Crippen molar-refractivity contribution in [2.45, 2.75) is 32.6 Å². The van der Waals surface area contributed by atoms with Crippen LogP contribution < -0.4 is 5.32 Å². The van der Waals surface area contributed by atoms with E-state index in [2.05, 4.69) is 19.2 Å². The maximum absolute atomic E-state index is 11.2. The lowest BCUT2D eigenvalue weighted by Gasteiger charge is -2.25. The van der Waals surface area contributed by atoms with Gasteiger partial charge in [0.05, 0.1) is 13.0 Å². The van der Waals surface area contributed by atoms with Crippen molar-refractivity contribution in [1.29, 1.82) is 0 Å². The van der Waals surface area contributed by atoms with Gasteiger partial charge in [-0.15, -0.1) is 0 Å². The zero-order valence-electron chi connectivity index (χ0n) is 11.8. The molecule has 106 valence electrons. The summed E-state index contributed by atoms with van der Waals surface area (Å²) >= 11 is 5.89. The van der Waals surface area contributed by atoms with Crippen LogP contribution in [0.4, 0.5) is 0 Å². The molecule has 1 N–H and O–H groups in total. The van der Waals surface area contributed by atoms with Gasteiger partial charge in [-0.05, 0) is 24.6 Å². The van der Waals surface area contributed by atoms with E-state index in [1.54, 1.807) is 0 Å². The van der Waals surface area contributed by atoms with Crippen LogP contribution in [0, 0.1) is 0 Å². The standard InChI is InChI=1S/C15H22ClNO2/c1-4-19-14(18)9-10-17-11-15(2,3)12-5-7-13(16)8-6-12/h5-8,17H,4,9-11H2,1-3H3. The molecule has 0 aromatic heterocycles. The number of hydrogen-bond donors (Lipinski definition) is 1. The van der Waals surface area contributed by atoms with Gasteiger partial charge >= 0.3 is 5.97 Å². The molecule has 1 rings (SSSR count). The molecule has 0 fully saturated rings. The summed E-state index contributed by atoms with van der Waals surface area (Å²) in [5.41, 5.74) is 1.22. The molecule has 4 heteroatoms. The molecule has 0 saturated heterocycles. The first-order valence-corrected chi connectivity index (χ1v) is 6.96. The average Bonchev–Trinajstić information content (AvgIpc) is 2.36. The van der Waals surface area contributed by atoms with E-state index in [9.17, 15) is 4.79 Å². The maximum Gasteiger partial charge on any atom is 0.307 e. The number of nitrogens with one attached hydrogen (secondary N) is 1. The summed E-state index contributed by atoms with van der Waals surface area (Å²) in [6, 6.07) is 7.87. The van der Waals surface area contributed by atoms with Crippen LogP contribution in [-0.2, 0) is 14.9 Å². The molecule has 0 aliphatic rings. The lowest BCUT2D eigenvalue weighted by atomic mass is 9.84. The van der Waals surface area contributed by atoms with E-state index in [-0.39, 0.29) is 11.4 Å². The van der Waals surface area contributed by atoms with Crippen LogP contribution in [0.5, 0.6) is 0 Å². The minimum atomic E-state index is -0.153. The Balaban J connectivity index is 2.38. The van der Waals surface area contributed by atoms with Crippen LogP contribution in [0.3, 0.4) is 0 Å². The largest absolute Gasteiger partial charge is 0.466 e. The van der Waals surface area contributed by atoms with E-state index < -0.39 is 0 Å². The van der Waals surface area contributed by atoms with Crippen molar-refractivity contribution >= 4 is 17.6 Å². The summed E-state index contributed by atoms with van der Waals surface area (Å²) in [6.07, 6.45) is 0.407. The minimum absolute atomic E-state index is 0.000744. The van der Waals surface area contributed by atoms with Crippen molar-refractivity contribution in [3.63, 3.8) is 0 Å². The molecule has 0 bridgehead atoms. The normalized spacial score (nSPS) is 11.4. The third-order valence-corrected chi connectivity index (χ3v) is 3.26. The van der Waals surface area contributed by atoms with Gasteiger partial charge in [0.1, 0.15) is 0 Å². The molecule has 0 unspecified atom stereocenters. The lowest BCUT2D eigenvalue weighted by molar-refractivity contribution is -0.142. The number of ether oxygens (including phenoxy) is 1. The number of hydrogen-bond acceptors (Lipinski definition) is 3. The zero-order valence-corrected chi connectivity index (χ0v) is 12.6. The third-order valence-electron chi connectivity index (χ3n) is 3.00. The van der Waals surface area contributed by atoms with Gasteiger partial charge in [0.2, 0.25) is 0 Å². The van der Waals surface area contributed by atoms with Crippen LogP contribution in [0.2, 0.25) is 5.02 Å². The first kappa shape index (κ1) is 16.0. The summed E-state index contributed by atoms with van der Waals surface area (Å²) in [4.78, 5) is 11.2. The average molecular weight is 284 g/mol. The van der Waals surface area contributed by atoms with Gasteiger partial charge in [-0.1, -0.05) is 37.6 Å². The van der Waals surface area contributed by atoms with Crippen LogP contribution in [0.25, 0.3) is 0 Å². The number of carbonyl (C=O) groups excluding carboxylic acids is 1. The van der Waals surface area contributed by atoms with Crippen molar-refractivity contribution in [3.8, 4) is 0 Å². The second-order valence-corrected chi connectivity index (χ2v) is 5.56. The highest BCUT2D eigenvalue weighted by Crippen LogP contribution is 2.23. The third kappa shape index (κ3) is 5.62. The Morgan fingerprint density at radius 3 is 2.53 bits per heavy atom. The summed E-state index contributed by atoms with van der Waals surface area (Å²) in [5, 5.41) is 4.04. The molecule has 0 aliphatic carbocycles. The molecule has 0 spiro atoms. The van der Waals surface area contributed by atoms with E-state index >= 15 is 0 Å². The number of rotatable bonds is 7. The molecule has 0 atom stereocenters. The topological polar surface area (TPSA) is 38.3 Å².